The number of carboxylic acid groups (broad SMARTS) is 1. The van der Waals surface area contributed by atoms with Crippen molar-refractivity contribution in [2.75, 3.05) is 5.23 Å². The monoisotopic (exact) mass is 274 g/mol. The Hall–Kier alpha value is -2.48. The first-order valence-corrected chi connectivity index (χ1v) is 5.78. The van der Waals surface area contributed by atoms with E-state index >= 15 is 0 Å². The topological polar surface area (TPSA) is 81.1 Å². The van der Waals surface area contributed by atoms with Gasteiger partial charge < -0.3 is 5.11 Å². The number of aromatic nitrogens is 1. The molecule has 1 fully saturated rings. The van der Waals surface area contributed by atoms with E-state index in [1.54, 1.807) is 36.7 Å². The number of anilines is 1. The first kappa shape index (κ1) is 12.5. The summed E-state index contributed by atoms with van der Waals surface area (Å²) in [5, 5.41) is 9.97. The average molecular weight is 274 g/mol. The van der Waals surface area contributed by atoms with Crippen LogP contribution in [0.5, 0.6) is 0 Å². The van der Waals surface area contributed by atoms with E-state index in [1.807, 2.05) is 0 Å². The summed E-state index contributed by atoms with van der Waals surface area (Å²) in [5.74, 6) is -1.03. The molecule has 102 valence electrons. The van der Waals surface area contributed by atoms with Gasteiger partial charge in [0.05, 0.1) is 11.3 Å². The smallest absolute Gasteiger partial charge is 0.335 e. The van der Waals surface area contributed by atoms with Crippen molar-refractivity contribution in [2.45, 2.75) is 6.29 Å². The third kappa shape index (κ3) is 2.45. The van der Waals surface area contributed by atoms with Crippen LogP contribution >= 0.6 is 0 Å². The lowest BCUT2D eigenvalue weighted by molar-refractivity contribution is -0.286. The minimum atomic E-state index is -1.03. The highest BCUT2D eigenvalue weighted by atomic mass is 17.4. The van der Waals surface area contributed by atoms with Gasteiger partial charge in [0.15, 0.2) is 0 Å². The van der Waals surface area contributed by atoms with Crippen LogP contribution in [0, 0.1) is 0 Å². The quantitative estimate of drug-likeness (QED) is 0.858. The molecule has 7 nitrogen and oxygen atoms in total. The molecule has 3 rings (SSSR count). The second-order valence-corrected chi connectivity index (χ2v) is 4.00. The Morgan fingerprint density at radius 2 is 2.05 bits per heavy atom. The van der Waals surface area contributed by atoms with Crippen molar-refractivity contribution in [3.05, 3.63) is 59.9 Å². The summed E-state index contributed by atoms with van der Waals surface area (Å²) in [4.78, 5) is 30.2. The second kappa shape index (κ2) is 5.25. The number of rotatable bonds is 3. The second-order valence-electron chi connectivity index (χ2n) is 4.00. The Kier molecular flexibility index (Phi) is 3.30. The first-order valence-electron chi connectivity index (χ1n) is 5.78. The van der Waals surface area contributed by atoms with Crippen LogP contribution in [-0.2, 0) is 14.7 Å². The maximum Gasteiger partial charge on any atom is 0.335 e. The average Bonchev–Trinajstić information content (AvgIpc) is 2.98. The summed E-state index contributed by atoms with van der Waals surface area (Å²) < 4.78 is 0. The molecule has 2 heterocycles. The predicted octanol–water partition coefficient (Wildman–Crippen LogP) is 2.09. The maximum atomic E-state index is 10.9. The lowest BCUT2D eigenvalue weighted by atomic mass is 10.2. The van der Waals surface area contributed by atoms with Gasteiger partial charge in [0.1, 0.15) is 0 Å². The molecule has 1 N–H and O–H groups in total. The van der Waals surface area contributed by atoms with E-state index in [2.05, 4.69) is 4.98 Å². The summed E-state index contributed by atoms with van der Waals surface area (Å²) in [5.41, 5.74) is 1.28. The third-order valence-electron chi connectivity index (χ3n) is 2.67. The lowest BCUT2D eigenvalue weighted by Gasteiger charge is -2.12. The minimum absolute atomic E-state index is 0.127. The van der Waals surface area contributed by atoms with E-state index in [1.165, 1.54) is 12.1 Å². The van der Waals surface area contributed by atoms with Gasteiger partial charge in [-0.05, 0) is 30.3 Å². The Morgan fingerprint density at radius 3 is 2.80 bits per heavy atom. The van der Waals surface area contributed by atoms with Crippen molar-refractivity contribution >= 4 is 11.7 Å². The number of carbonyl (C=O) groups is 1. The van der Waals surface area contributed by atoms with Crippen molar-refractivity contribution in [3.63, 3.8) is 0 Å². The number of pyridine rings is 1. The molecule has 20 heavy (non-hydrogen) atoms. The van der Waals surface area contributed by atoms with Gasteiger partial charge in [0, 0.05) is 18.0 Å². The van der Waals surface area contributed by atoms with E-state index in [9.17, 15) is 4.79 Å². The molecule has 1 aliphatic rings. The van der Waals surface area contributed by atoms with Crippen LogP contribution in [0.4, 0.5) is 5.69 Å². The molecule has 0 bridgehead atoms. The van der Waals surface area contributed by atoms with Crippen molar-refractivity contribution in [1.82, 2.24) is 4.98 Å². The Bertz CT molecular complexity index is 619. The summed E-state index contributed by atoms with van der Waals surface area (Å²) in [6.07, 6.45) is 2.48. The number of hydrogen-bond donors (Lipinski definition) is 1. The van der Waals surface area contributed by atoms with Crippen LogP contribution in [0.1, 0.15) is 22.2 Å². The highest BCUT2D eigenvalue weighted by Crippen LogP contribution is 2.31. The van der Waals surface area contributed by atoms with Crippen LogP contribution < -0.4 is 5.23 Å². The fraction of sp³-hybridized carbons (Fsp3) is 0.0769. The molecule has 1 unspecified atom stereocenters. The molecular formula is C13H10N2O5. The summed E-state index contributed by atoms with van der Waals surface area (Å²) in [6.45, 7) is 0. The van der Waals surface area contributed by atoms with Crippen molar-refractivity contribution in [2.24, 2.45) is 0 Å². The summed E-state index contributed by atoms with van der Waals surface area (Å²) in [6, 6.07) is 9.58. The normalized spacial score (nSPS) is 18.2. The Balaban J connectivity index is 1.77. The van der Waals surface area contributed by atoms with Gasteiger partial charge in [0.2, 0.25) is 6.29 Å². The molecule has 0 saturated carbocycles. The minimum Gasteiger partial charge on any atom is -0.478 e. The van der Waals surface area contributed by atoms with E-state index in [0.717, 1.165) is 10.8 Å². The van der Waals surface area contributed by atoms with E-state index < -0.39 is 12.3 Å². The van der Waals surface area contributed by atoms with E-state index in [4.69, 9.17) is 19.8 Å². The summed E-state index contributed by atoms with van der Waals surface area (Å²) >= 11 is 0. The van der Waals surface area contributed by atoms with E-state index in [-0.39, 0.29) is 5.56 Å². The lowest BCUT2D eigenvalue weighted by Crippen LogP contribution is -2.15. The largest absolute Gasteiger partial charge is 0.478 e. The number of benzene rings is 1. The number of hydrogen-bond acceptors (Lipinski definition) is 6. The zero-order chi connectivity index (χ0) is 13.9. The molecule has 0 spiro atoms. The van der Waals surface area contributed by atoms with Crippen molar-refractivity contribution in [3.8, 4) is 0 Å². The standard InChI is InChI=1S/C13H10N2O5/c16-12(17)10-2-1-3-11(8-10)15-18-13(19-20-15)9-4-6-14-7-5-9/h1-8,13H,(H,16,17). The van der Waals surface area contributed by atoms with Crippen LogP contribution in [0.25, 0.3) is 0 Å². The number of nitrogens with zero attached hydrogens (tertiary/aromatic N) is 2. The van der Waals surface area contributed by atoms with Gasteiger partial charge in [-0.25, -0.2) is 9.63 Å². The molecule has 1 aromatic carbocycles. The first-order chi connectivity index (χ1) is 9.74. The van der Waals surface area contributed by atoms with Crippen molar-refractivity contribution < 1.29 is 24.6 Å². The van der Waals surface area contributed by atoms with Crippen LogP contribution in [0.2, 0.25) is 0 Å². The maximum absolute atomic E-state index is 10.9. The van der Waals surface area contributed by atoms with Crippen LogP contribution in [0.15, 0.2) is 48.8 Å². The zero-order valence-electron chi connectivity index (χ0n) is 10.2. The molecule has 1 aromatic heterocycles. The van der Waals surface area contributed by atoms with Gasteiger partial charge in [-0.2, -0.15) is 4.89 Å². The fourth-order valence-electron chi connectivity index (χ4n) is 1.69. The highest BCUT2D eigenvalue weighted by molar-refractivity contribution is 5.88. The SMILES string of the molecule is O=C(O)c1cccc(N2OOC(c3ccncc3)O2)c1. The zero-order valence-corrected chi connectivity index (χ0v) is 10.2. The highest BCUT2D eigenvalue weighted by Gasteiger charge is 2.29. The van der Waals surface area contributed by atoms with Gasteiger partial charge in [-0.1, -0.05) is 16.3 Å². The molecule has 0 amide bonds. The summed E-state index contributed by atoms with van der Waals surface area (Å²) in [7, 11) is 0. The molecule has 7 heteroatoms. The van der Waals surface area contributed by atoms with Crippen LogP contribution in [0.3, 0.4) is 0 Å². The van der Waals surface area contributed by atoms with Gasteiger partial charge in [0.25, 0.3) is 0 Å². The number of carboxylic acids is 1. The molecule has 0 aliphatic carbocycles. The molecular weight excluding hydrogens is 264 g/mol. The molecule has 2 aromatic rings. The van der Waals surface area contributed by atoms with Crippen LogP contribution in [-0.4, -0.2) is 16.1 Å². The van der Waals surface area contributed by atoms with Gasteiger partial charge in [-0.15, -0.1) is 0 Å². The molecule has 1 aliphatic heterocycles. The van der Waals surface area contributed by atoms with Crippen molar-refractivity contribution in [1.29, 1.82) is 0 Å². The third-order valence-corrected chi connectivity index (χ3v) is 2.67. The predicted molar refractivity (Wildman–Crippen MR) is 66.1 cm³/mol. The Morgan fingerprint density at radius 1 is 1.25 bits per heavy atom. The fourth-order valence-corrected chi connectivity index (χ4v) is 1.69. The number of aromatic carboxylic acids is 1. The Labute approximate surface area is 113 Å². The molecule has 0 radical (unpaired) electrons. The van der Waals surface area contributed by atoms with E-state index in [0.29, 0.717) is 5.69 Å². The molecule has 1 saturated heterocycles. The van der Waals surface area contributed by atoms with Gasteiger partial charge >= 0.3 is 5.97 Å². The molecule has 1 atom stereocenters. The van der Waals surface area contributed by atoms with Gasteiger partial charge in [-0.3, -0.25) is 4.98 Å².